The second-order valence-electron chi connectivity index (χ2n) is 5.47. The lowest BCUT2D eigenvalue weighted by atomic mass is 10.2. The highest BCUT2D eigenvalue weighted by atomic mass is 32.2. The molecular formula is C15H20NO3PS2. The van der Waals surface area contributed by atoms with E-state index in [0.717, 1.165) is 5.56 Å². The Morgan fingerprint density at radius 3 is 2.41 bits per heavy atom. The lowest BCUT2D eigenvalue weighted by Gasteiger charge is -2.15. The van der Waals surface area contributed by atoms with Gasteiger partial charge in [0, 0.05) is 13.3 Å². The third-order valence-corrected chi connectivity index (χ3v) is 4.77. The average Bonchev–Trinajstić information content (AvgIpc) is 2.43. The van der Waals surface area contributed by atoms with E-state index in [-0.39, 0.29) is 6.61 Å². The van der Waals surface area contributed by atoms with Gasteiger partial charge in [-0.25, -0.2) is 0 Å². The summed E-state index contributed by atoms with van der Waals surface area (Å²) < 4.78 is 22.2. The van der Waals surface area contributed by atoms with Crippen LogP contribution in [0.3, 0.4) is 0 Å². The quantitative estimate of drug-likeness (QED) is 0.411. The van der Waals surface area contributed by atoms with Gasteiger partial charge >= 0.3 is 0 Å². The highest BCUT2D eigenvalue weighted by molar-refractivity contribution is 8.24. The summed E-state index contributed by atoms with van der Waals surface area (Å²) in [6.07, 6.45) is 0. The first kappa shape index (κ1) is 19.2. The molecule has 0 aromatic heterocycles. The van der Waals surface area contributed by atoms with E-state index in [1.807, 2.05) is 38.1 Å². The Morgan fingerprint density at radius 2 is 1.91 bits per heavy atom. The van der Waals surface area contributed by atoms with E-state index in [0.29, 0.717) is 16.6 Å². The van der Waals surface area contributed by atoms with Gasteiger partial charge in [-0.05, 0) is 43.7 Å². The molecule has 4 nitrogen and oxygen atoms in total. The SMILES string of the molecule is CC(C)(C#N)SC(=S)c1ccc(OCCOP(C)(C)=O)cc1. The molecular weight excluding hydrogens is 337 g/mol. The van der Waals surface area contributed by atoms with Crippen LogP contribution in [-0.2, 0) is 9.09 Å². The maximum atomic E-state index is 11.4. The minimum Gasteiger partial charge on any atom is -0.491 e. The van der Waals surface area contributed by atoms with Gasteiger partial charge in [0.05, 0.1) is 16.9 Å². The zero-order valence-electron chi connectivity index (χ0n) is 13.2. The van der Waals surface area contributed by atoms with Gasteiger partial charge in [-0.15, -0.1) is 0 Å². The number of benzene rings is 1. The molecule has 0 unspecified atom stereocenters. The molecule has 0 N–H and O–H groups in total. The summed E-state index contributed by atoms with van der Waals surface area (Å²) in [7, 11) is -2.46. The minimum absolute atomic E-state index is 0.288. The largest absolute Gasteiger partial charge is 0.491 e. The molecule has 0 aliphatic heterocycles. The molecule has 0 aliphatic carbocycles. The van der Waals surface area contributed by atoms with Crippen LogP contribution in [0, 0.1) is 11.3 Å². The molecule has 0 fully saturated rings. The molecule has 1 rings (SSSR count). The van der Waals surface area contributed by atoms with Crippen LogP contribution in [0.5, 0.6) is 5.75 Å². The summed E-state index contributed by atoms with van der Waals surface area (Å²) in [5, 5.41) is 9.03. The molecule has 0 bridgehead atoms. The zero-order valence-corrected chi connectivity index (χ0v) is 15.7. The standard InChI is InChI=1S/C15H20NO3PS2/c1-15(2,11-16)22-14(21)12-5-7-13(8-6-12)18-9-10-19-20(3,4)17/h5-8H,9-10H2,1-4H3. The first-order valence-electron chi connectivity index (χ1n) is 6.70. The van der Waals surface area contributed by atoms with Gasteiger partial charge in [-0.1, -0.05) is 24.0 Å². The van der Waals surface area contributed by atoms with Crippen LogP contribution >= 0.6 is 31.3 Å². The lowest BCUT2D eigenvalue weighted by molar-refractivity contribution is 0.221. The number of thioether (sulfide) groups is 1. The van der Waals surface area contributed by atoms with Gasteiger partial charge in [0.25, 0.3) is 0 Å². The van der Waals surface area contributed by atoms with E-state index in [1.54, 1.807) is 13.3 Å². The number of rotatable bonds is 7. The molecule has 7 heteroatoms. The Morgan fingerprint density at radius 1 is 1.32 bits per heavy atom. The van der Waals surface area contributed by atoms with Crippen LogP contribution in [0.4, 0.5) is 0 Å². The van der Waals surface area contributed by atoms with Crippen LogP contribution in [0.2, 0.25) is 0 Å². The van der Waals surface area contributed by atoms with E-state index in [1.165, 1.54) is 11.8 Å². The Balaban J connectivity index is 2.51. The fourth-order valence-electron chi connectivity index (χ4n) is 1.42. The fourth-order valence-corrected chi connectivity index (χ4v) is 3.46. The van der Waals surface area contributed by atoms with Gasteiger partial charge in [-0.3, -0.25) is 4.57 Å². The number of ether oxygens (including phenoxy) is 1. The van der Waals surface area contributed by atoms with E-state index in [9.17, 15) is 4.57 Å². The molecule has 0 saturated heterocycles. The number of nitrogens with zero attached hydrogens (tertiary/aromatic N) is 1. The van der Waals surface area contributed by atoms with Crippen molar-refractivity contribution in [2.75, 3.05) is 26.5 Å². The second-order valence-corrected chi connectivity index (χ2v) is 10.5. The maximum Gasteiger partial charge on any atom is 0.197 e. The second kappa shape index (κ2) is 8.12. The number of thiocarbonyl (C=S) groups is 1. The third-order valence-electron chi connectivity index (χ3n) is 2.46. The normalized spacial score (nSPS) is 11.8. The lowest BCUT2D eigenvalue weighted by Crippen LogP contribution is -2.14. The minimum atomic E-state index is -2.46. The molecule has 0 spiro atoms. The zero-order chi connectivity index (χ0) is 16.8. The number of nitriles is 1. The van der Waals surface area contributed by atoms with Crippen LogP contribution < -0.4 is 4.74 Å². The van der Waals surface area contributed by atoms with Crippen molar-refractivity contribution in [2.24, 2.45) is 0 Å². The first-order valence-corrected chi connectivity index (χ1v) is 10.4. The van der Waals surface area contributed by atoms with E-state index >= 15 is 0 Å². The van der Waals surface area contributed by atoms with E-state index < -0.39 is 12.1 Å². The molecule has 120 valence electrons. The van der Waals surface area contributed by atoms with Gasteiger partial charge in [0.2, 0.25) is 0 Å². The molecule has 0 heterocycles. The Hall–Kier alpha value is -0.860. The highest BCUT2D eigenvalue weighted by Crippen LogP contribution is 2.36. The Bertz CT molecular complexity index is 602. The molecule has 0 radical (unpaired) electrons. The van der Waals surface area contributed by atoms with Crippen molar-refractivity contribution in [3.8, 4) is 11.8 Å². The fraction of sp³-hybridized carbons (Fsp3) is 0.467. The molecule has 1 aromatic rings. The number of hydrogen-bond acceptors (Lipinski definition) is 6. The summed E-state index contributed by atoms with van der Waals surface area (Å²) in [6, 6.07) is 9.58. The van der Waals surface area contributed by atoms with Crippen molar-refractivity contribution >= 4 is 35.5 Å². The maximum absolute atomic E-state index is 11.4. The van der Waals surface area contributed by atoms with Gasteiger partial charge in [-0.2, -0.15) is 5.26 Å². The van der Waals surface area contributed by atoms with Crippen LogP contribution in [0.1, 0.15) is 19.4 Å². The summed E-state index contributed by atoms with van der Waals surface area (Å²) in [5.41, 5.74) is 0.888. The molecule has 0 atom stereocenters. The summed E-state index contributed by atoms with van der Waals surface area (Å²) in [5.74, 6) is 0.696. The molecule has 0 amide bonds. The van der Waals surface area contributed by atoms with Crippen molar-refractivity contribution in [1.29, 1.82) is 5.26 Å². The van der Waals surface area contributed by atoms with Crippen LogP contribution in [0.25, 0.3) is 0 Å². The van der Waals surface area contributed by atoms with Gasteiger partial charge < -0.3 is 9.26 Å². The van der Waals surface area contributed by atoms with Crippen molar-refractivity contribution in [2.45, 2.75) is 18.6 Å². The Labute approximate surface area is 141 Å². The van der Waals surface area contributed by atoms with Crippen molar-refractivity contribution in [1.82, 2.24) is 0 Å². The summed E-state index contributed by atoms with van der Waals surface area (Å²) >= 11 is 6.71. The smallest absolute Gasteiger partial charge is 0.197 e. The van der Waals surface area contributed by atoms with E-state index in [4.69, 9.17) is 26.7 Å². The van der Waals surface area contributed by atoms with Crippen LogP contribution in [-0.4, -0.2) is 35.5 Å². The van der Waals surface area contributed by atoms with Gasteiger partial charge in [0.15, 0.2) is 7.37 Å². The molecule has 1 aromatic carbocycles. The Kier molecular flexibility index (Phi) is 7.08. The molecule has 0 aliphatic rings. The predicted octanol–water partition coefficient (Wildman–Crippen LogP) is 4.33. The predicted molar refractivity (Wildman–Crippen MR) is 96.3 cm³/mol. The molecule has 0 saturated carbocycles. The van der Waals surface area contributed by atoms with Crippen molar-refractivity contribution in [3.63, 3.8) is 0 Å². The van der Waals surface area contributed by atoms with E-state index in [2.05, 4.69) is 6.07 Å². The topological polar surface area (TPSA) is 59.3 Å². The highest BCUT2D eigenvalue weighted by Gasteiger charge is 2.20. The van der Waals surface area contributed by atoms with Crippen molar-refractivity contribution in [3.05, 3.63) is 29.8 Å². The third kappa shape index (κ3) is 7.42. The molecule has 22 heavy (non-hydrogen) atoms. The summed E-state index contributed by atoms with van der Waals surface area (Å²) in [6.45, 7) is 7.44. The summed E-state index contributed by atoms with van der Waals surface area (Å²) in [4.78, 5) is 0. The van der Waals surface area contributed by atoms with Crippen LogP contribution in [0.15, 0.2) is 24.3 Å². The average molecular weight is 357 g/mol. The van der Waals surface area contributed by atoms with Crippen molar-refractivity contribution < 1.29 is 13.8 Å². The first-order chi connectivity index (χ1) is 10.1. The monoisotopic (exact) mass is 357 g/mol. The number of hydrogen-bond donors (Lipinski definition) is 0. The van der Waals surface area contributed by atoms with Gasteiger partial charge in [0.1, 0.15) is 17.1 Å².